The van der Waals surface area contributed by atoms with E-state index in [2.05, 4.69) is 15.6 Å². The first-order valence-corrected chi connectivity index (χ1v) is 8.46. The lowest BCUT2D eigenvalue weighted by atomic mass is 10.1. The van der Waals surface area contributed by atoms with Crippen LogP contribution in [0.4, 0.5) is 0 Å². The van der Waals surface area contributed by atoms with E-state index in [1.54, 1.807) is 18.5 Å². The first-order chi connectivity index (χ1) is 10.6. The Labute approximate surface area is 133 Å². The molecule has 5 nitrogen and oxygen atoms in total. The highest BCUT2D eigenvalue weighted by Gasteiger charge is 2.22. The minimum absolute atomic E-state index is 0.112. The van der Waals surface area contributed by atoms with Crippen LogP contribution < -0.4 is 10.6 Å². The smallest absolute Gasteiger partial charge is 0.251 e. The van der Waals surface area contributed by atoms with E-state index in [0.717, 1.165) is 23.1 Å². The number of nitrogens with zero attached hydrogens (tertiary/aromatic N) is 1. The van der Waals surface area contributed by atoms with Crippen LogP contribution in [0.5, 0.6) is 0 Å². The number of carbonyl (C=O) groups excluding carboxylic acids is 2. The van der Waals surface area contributed by atoms with Gasteiger partial charge in [0.25, 0.3) is 5.91 Å². The molecule has 1 aliphatic carbocycles. The molecule has 1 aliphatic rings. The fourth-order valence-electron chi connectivity index (χ4n) is 2.74. The topological polar surface area (TPSA) is 71.1 Å². The summed E-state index contributed by atoms with van der Waals surface area (Å²) in [6, 6.07) is 5.10. The van der Waals surface area contributed by atoms with Gasteiger partial charge < -0.3 is 10.6 Å². The number of amides is 2. The molecule has 3 rings (SSSR count). The van der Waals surface area contributed by atoms with E-state index in [9.17, 15) is 9.59 Å². The zero-order valence-corrected chi connectivity index (χ0v) is 13.3. The zero-order chi connectivity index (χ0) is 15.5. The van der Waals surface area contributed by atoms with Crippen molar-refractivity contribution in [3.05, 3.63) is 29.3 Å². The highest BCUT2D eigenvalue weighted by Crippen LogP contribution is 2.19. The summed E-state index contributed by atoms with van der Waals surface area (Å²) >= 11 is 1.49. The molecule has 0 radical (unpaired) electrons. The van der Waals surface area contributed by atoms with Crippen LogP contribution in [0.25, 0.3) is 10.2 Å². The van der Waals surface area contributed by atoms with Gasteiger partial charge in [-0.3, -0.25) is 9.59 Å². The summed E-state index contributed by atoms with van der Waals surface area (Å²) in [7, 11) is 0. The Morgan fingerprint density at radius 1 is 1.32 bits per heavy atom. The number of hydrogen-bond donors (Lipinski definition) is 2. The highest BCUT2D eigenvalue weighted by molar-refractivity contribution is 7.16. The molecule has 1 aromatic carbocycles. The fourth-order valence-corrected chi connectivity index (χ4v) is 3.45. The number of hydrogen-bond acceptors (Lipinski definition) is 4. The van der Waals surface area contributed by atoms with Crippen molar-refractivity contribution < 1.29 is 9.59 Å². The minimum atomic E-state index is -0.537. The summed E-state index contributed by atoms with van der Waals surface area (Å²) in [5, 5.41) is 5.76. The Kier molecular flexibility index (Phi) is 4.38. The number of rotatable bonds is 4. The van der Waals surface area contributed by atoms with E-state index in [4.69, 9.17) is 0 Å². The normalized spacial score (nSPS) is 16.6. The van der Waals surface area contributed by atoms with E-state index in [1.165, 1.54) is 24.2 Å². The molecule has 2 N–H and O–H groups in total. The van der Waals surface area contributed by atoms with E-state index >= 15 is 0 Å². The summed E-state index contributed by atoms with van der Waals surface area (Å²) in [4.78, 5) is 28.5. The maximum absolute atomic E-state index is 12.3. The Morgan fingerprint density at radius 3 is 2.86 bits per heavy atom. The van der Waals surface area contributed by atoms with Gasteiger partial charge in [0.1, 0.15) is 6.04 Å². The average Bonchev–Trinajstić information content (AvgIpc) is 3.16. The van der Waals surface area contributed by atoms with Crippen LogP contribution in [-0.4, -0.2) is 28.9 Å². The van der Waals surface area contributed by atoms with Crippen molar-refractivity contribution in [2.24, 2.45) is 0 Å². The van der Waals surface area contributed by atoms with Crippen molar-refractivity contribution in [1.82, 2.24) is 15.6 Å². The second-order valence-electron chi connectivity index (χ2n) is 5.72. The molecule has 0 saturated heterocycles. The molecule has 6 heteroatoms. The third-order valence-corrected chi connectivity index (χ3v) is 4.83. The Hall–Kier alpha value is -1.95. The quantitative estimate of drug-likeness (QED) is 0.910. The Morgan fingerprint density at radius 2 is 2.09 bits per heavy atom. The molecule has 0 bridgehead atoms. The molecule has 2 aromatic rings. The number of nitrogens with one attached hydrogen (secondary N) is 2. The molecule has 2 amide bonds. The lowest BCUT2D eigenvalue weighted by Crippen LogP contribution is -2.47. The third-order valence-electron chi connectivity index (χ3n) is 4.04. The standard InChI is InChI=1S/C16H19N3O2S/c1-10(15(20)19-12-4-2-3-5-12)18-16(21)11-6-7-13-14(8-11)22-9-17-13/h6-10,12H,2-5H2,1H3,(H,18,21)(H,19,20)/t10-/m1/s1. The van der Waals surface area contributed by atoms with Crippen molar-refractivity contribution >= 4 is 33.4 Å². The van der Waals surface area contributed by atoms with Gasteiger partial charge in [0, 0.05) is 11.6 Å². The second kappa shape index (κ2) is 6.44. The van der Waals surface area contributed by atoms with E-state index in [1.807, 2.05) is 12.1 Å². The van der Waals surface area contributed by atoms with Crippen LogP contribution in [0.1, 0.15) is 43.0 Å². The van der Waals surface area contributed by atoms with Crippen LogP contribution in [-0.2, 0) is 4.79 Å². The molecule has 0 unspecified atom stereocenters. The summed E-state index contributed by atoms with van der Waals surface area (Å²) in [5.74, 6) is -0.344. The first-order valence-electron chi connectivity index (χ1n) is 7.58. The Balaban J connectivity index is 1.60. The van der Waals surface area contributed by atoms with Gasteiger partial charge in [0.2, 0.25) is 5.91 Å². The predicted octanol–water partition coefficient (Wildman–Crippen LogP) is 2.47. The van der Waals surface area contributed by atoms with Crippen molar-refractivity contribution in [1.29, 1.82) is 0 Å². The number of thiazole rings is 1. The van der Waals surface area contributed by atoms with Crippen molar-refractivity contribution in [3.63, 3.8) is 0 Å². The van der Waals surface area contributed by atoms with Crippen LogP contribution in [0, 0.1) is 0 Å². The number of fused-ring (bicyclic) bond motifs is 1. The number of aromatic nitrogens is 1. The maximum atomic E-state index is 12.3. The van der Waals surface area contributed by atoms with Gasteiger partial charge in [-0.05, 0) is 38.0 Å². The van der Waals surface area contributed by atoms with Crippen molar-refractivity contribution in [3.8, 4) is 0 Å². The minimum Gasteiger partial charge on any atom is -0.352 e. The fraction of sp³-hybridized carbons (Fsp3) is 0.438. The number of benzene rings is 1. The lowest BCUT2D eigenvalue weighted by molar-refractivity contribution is -0.123. The maximum Gasteiger partial charge on any atom is 0.251 e. The van der Waals surface area contributed by atoms with Crippen LogP contribution in [0.15, 0.2) is 23.7 Å². The lowest BCUT2D eigenvalue weighted by Gasteiger charge is -2.17. The molecule has 1 fully saturated rings. The van der Waals surface area contributed by atoms with Gasteiger partial charge in [0.15, 0.2) is 0 Å². The zero-order valence-electron chi connectivity index (χ0n) is 12.5. The van der Waals surface area contributed by atoms with Crippen LogP contribution in [0.2, 0.25) is 0 Å². The molecule has 1 heterocycles. The second-order valence-corrected chi connectivity index (χ2v) is 6.61. The molecule has 1 atom stereocenters. The summed E-state index contributed by atoms with van der Waals surface area (Å²) in [5.41, 5.74) is 3.19. The molecule has 116 valence electrons. The summed E-state index contributed by atoms with van der Waals surface area (Å²) in [6.45, 7) is 1.72. The molecular weight excluding hydrogens is 298 g/mol. The van der Waals surface area contributed by atoms with Gasteiger partial charge in [-0.25, -0.2) is 4.98 Å². The summed E-state index contributed by atoms with van der Waals surface area (Å²) in [6.07, 6.45) is 4.41. The number of carbonyl (C=O) groups is 2. The van der Waals surface area contributed by atoms with E-state index in [0.29, 0.717) is 5.56 Å². The van der Waals surface area contributed by atoms with E-state index < -0.39 is 6.04 Å². The molecule has 1 aromatic heterocycles. The summed E-state index contributed by atoms with van der Waals surface area (Å²) < 4.78 is 0.968. The van der Waals surface area contributed by atoms with Crippen LogP contribution in [0.3, 0.4) is 0 Å². The molecular formula is C16H19N3O2S. The Bertz CT molecular complexity index is 692. The van der Waals surface area contributed by atoms with Crippen LogP contribution >= 0.6 is 11.3 Å². The molecule has 0 aliphatic heterocycles. The highest BCUT2D eigenvalue weighted by atomic mass is 32.1. The average molecular weight is 317 g/mol. The molecule has 22 heavy (non-hydrogen) atoms. The molecule has 0 spiro atoms. The van der Waals surface area contributed by atoms with Gasteiger partial charge in [-0.2, -0.15) is 0 Å². The van der Waals surface area contributed by atoms with Gasteiger partial charge in [-0.1, -0.05) is 12.8 Å². The van der Waals surface area contributed by atoms with Gasteiger partial charge in [-0.15, -0.1) is 11.3 Å². The largest absolute Gasteiger partial charge is 0.352 e. The first kappa shape index (κ1) is 15.0. The molecule has 1 saturated carbocycles. The third kappa shape index (κ3) is 3.27. The SMILES string of the molecule is C[C@@H](NC(=O)c1ccc2ncsc2c1)C(=O)NC1CCCC1. The van der Waals surface area contributed by atoms with Gasteiger partial charge in [0.05, 0.1) is 15.7 Å². The monoisotopic (exact) mass is 317 g/mol. The van der Waals surface area contributed by atoms with Crippen molar-refractivity contribution in [2.45, 2.75) is 44.7 Å². The predicted molar refractivity (Wildman–Crippen MR) is 86.9 cm³/mol. The van der Waals surface area contributed by atoms with E-state index in [-0.39, 0.29) is 17.9 Å². The van der Waals surface area contributed by atoms with Gasteiger partial charge >= 0.3 is 0 Å². The van der Waals surface area contributed by atoms with Crippen molar-refractivity contribution in [2.75, 3.05) is 0 Å².